The molecule has 0 radical (unpaired) electrons. The summed E-state index contributed by atoms with van der Waals surface area (Å²) in [5, 5.41) is 0. The number of rotatable bonds is 6. The van der Waals surface area contributed by atoms with Gasteiger partial charge in [0.05, 0.1) is 23.4 Å². The van der Waals surface area contributed by atoms with Crippen molar-refractivity contribution in [2.75, 3.05) is 0 Å². The Morgan fingerprint density at radius 2 is 2.00 bits per heavy atom. The maximum atomic E-state index is 4.73. The van der Waals surface area contributed by atoms with E-state index in [9.17, 15) is 0 Å². The van der Waals surface area contributed by atoms with Gasteiger partial charge in [0.2, 0.25) is 0 Å². The lowest BCUT2D eigenvalue weighted by Gasteiger charge is -2.18. The monoisotopic (exact) mass is 330 g/mol. The highest BCUT2D eigenvalue weighted by molar-refractivity contribution is 5.80. The van der Waals surface area contributed by atoms with E-state index in [-0.39, 0.29) is 0 Å². The molecule has 2 heterocycles. The van der Waals surface area contributed by atoms with E-state index in [1.165, 1.54) is 18.4 Å². The molecule has 4 nitrogen and oxygen atoms in total. The van der Waals surface area contributed by atoms with Crippen molar-refractivity contribution in [1.29, 1.82) is 0 Å². The number of nitrogens with zero attached hydrogens (tertiary/aromatic N) is 3. The predicted octanol–water partition coefficient (Wildman–Crippen LogP) is 5.21. The van der Waals surface area contributed by atoms with Gasteiger partial charge in [-0.2, -0.15) is 0 Å². The number of benzene rings is 2. The Balaban J connectivity index is 1.72. The summed E-state index contributed by atoms with van der Waals surface area (Å²) >= 11 is 0. The molecule has 2 aromatic heterocycles. The summed E-state index contributed by atoms with van der Waals surface area (Å²) < 4.78 is 2.20. The number of H-pyrrole nitrogens is 1. The molecule has 1 unspecified atom stereocenters. The van der Waals surface area contributed by atoms with E-state index in [1.54, 1.807) is 0 Å². The van der Waals surface area contributed by atoms with Gasteiger partial charge in [-0.05, 0) is 24.1 Å². The number of hydrogen-bond acceptors (Lipinski definition) is 2. The van der Waals surface area contributed by atoms with Crippen LogP contribution in [0.5, 0.6) is 0 Å². The number of nitrogens with one attached hydrogen (secondary N) is 1. The van der Waals surface area contributed by atoms with Gasteiger partial charge in [0.1, 0.15) is 5.82 Å². The third-order valence-corrected chi connectivity index (χ3v) is 4.65. The standard InChI is InChI=1S/C21H22N4/c1-2-3-9-20(25-13-12-22-15-25)17-10-11-18-19(14-17)24-21(23-18)16-7-5-4-6-8-16/h4-8,10-15,20H,2-3,9H2,1H3,(H,23,24). The van der Waals surface area contributed by atoms with Gasteiger partial charge in [0, 0.05) is 18.0 Å². The molecule has 2 aromatic carbocycles. The summed E-state index contributed by atoms with van der Waals surface area (Å²) in [5.74, 6) is 0.917. The molecule has 0 amide bonds. The van der Waals surface area contributed by atoms with Gasteiger partial charge in [-0.15, -0.1) is 0 Å². The first-order valence-corrected chi connectivity index (χ1v) is 8.87. The van der Waals surface area contributed by atoms with Gasteiger partial charge < -0.3 is 9.55 Å². The van der Waals surface area contributed by atoms with Crippen molar-refractivity contribution < 1.29 is 0 Å². The molecule has 4 heteroatoms. The van der Waals surface area contributed by atoms with E-state index < -0.39 is 0 Å². The third-order valence-electron chi connectivity index (χ3n) is 4.65. The Morgan fingerprint density at radius 1 is 1.12 bits per heavy atom. The van der Waals surface area contributed by atoms with Crippen LogP contribution in [0.25, 0.3) is 22.4 Å². The van der Waals surface area contributed by atoms with Crippen molar-refractivity contribution in [3.05, 3.63) is 72.8 Å². The number of aromatic amines is 1. The second kappa shape index (κ2) is 6.93. The zero-order chi connectivity index (χ0) is 17.1. The van der Waals surface area contributed by atoms with Crippen LogP contribution in [-0.2, 0) is 0 Å². The minimum Gasteiger partial charge on any atom is -0.338 e. The van der Waals surface area contributed by atoms with Gasteiger partial charge in [0.25, 0.3) is 0 Å². The van der Waals surface area contributed by atoms with E-state index >= 15 is 0 Å². The maximum Gasteiger partial charge on any atom is 0.138 e. The summed E-state index contributed by atoms with van der Waals surface area (Å²) in [4.78, 5) is 12.4. The Bertz CT molecular complexity index is 939. The Hall–Kier alpha value is -2.88. The molecule has 0 aliphatic carbocycles. The molecular weight excluding hydrogens is 308 g/mol. The zero-order valence-electron chi connectivity index (χ0n) is 14.4. The van der Waals surface area contributed by atoms with E-state index in [0.29, 0.717) is 6.04 Å². The van der Waals surface area contributed by atoms with Crippen molar-refractivity contribution >= 4 is 11.0 Å². The highest BCUT2D eigenvalue weighted by atomic mass is 15.0. The smallest absolute Gasteiger partial charge is 0.138 e. The SMILES string of the molecule is CCCCC(c1ccc2nc(-c3ccccc3)[nH]c2c1)n1ccnc1. The molecule has 0 aliphatic heterocycles. The molecule has 4 rings (SSSR count). The predicted molar refractivity (Wildman–Crippen MR) is 101 cm³/mol. The van der Waals surface area contributed by atoms with Crippen molar-refractivity contribution in [2.45, 2.75) is 32.2 Å². The van der Waals surface area contributed by atoms with Crippen molar-refractivity contribution in [1.82, 2.24) is 19.5 Å². The van der Waals surface area contributed by atoms with Crippen LogP contribution in [0, 0.1) is 0 Å². The third kappa shape index (κ3) is 3.20. The molecule has 0 saturated carbocycles. The molecule has 0 aliphatic rings. The van der Waals surface area contributed by atoms with Crippen molar-refractivity contribution in [2.24, 2.45) is 0 Å². The van der Waals surface area contributed by atoms with Crippen LogP contribution < -0.4 is 0 Å². The van der Waals surface area contributed by atoms with Crippen LogP contribution >= 0.6 is 0 Å². The van der Waals surface area contributed by atoms with Crippen molar-refractivity contribution in [3.63, 3.8) is 0 Å². The molecule has 1 N–H and O–H groups in total. The molecule has 126 valence electrons. The lowest BCUT2D eigenvalue weighted by molar-refractivity contribution is 0.515. The maximum absolute atomic E-state index is 4.73. The van der Waals surface area contributed by atoms with E-state index in [4.69, 9.17) is 4.98 Å². The first-order valence-electron chi connectivity index (χ1n) is 8.87. The summed E-state index contributed by atoms with van der Waals surface area (Å²) in [6.07, 6.45) is 9.30. The van der Waals surface area contributed by atoms with Crippen LogP contribution in [-0.4, -0.2) is 19.5 Å². The quantitative estimate of drug-likeness (QED) is 0.528. The second-order valence-electron chi connectivity index (χ2n) is 6.40. The zero-order valence-corrected chi connectivity index (χ0v) is 14.4. The number of hydrogen-bond donors (Lipinski definition) is 1. The van der Waals surface area contributed by atoms with Crippen LogP contribution in [0.3, 0.4) is 0 Å². The number of aromatic nitrogens is 4. The molecule has 0 fully saturated rings. The van der Waals surface area contributed by atoms with E-state index in [2.05, 4.69) is 51.8 Å². The highest BCUT2D eigenvalue weighted by Crippen LogP contribution is 2.28. The molecule has 25 heavy (non-hydrogen) atoms. The average molecular weight is 330 g/mol. The molecule has 0 bridgehead atoms. The molecule has 1 atom stereocenters. The Kier molecular flexibility index (Phi) is 4.34. The van der Waals surface area contributed by atoms with Crippen LogP contribution in [0.15, 0.2) is 67.3 Å². The van der Waals surface area contributed by atoms with Gasteiger partial charge in [-0.25, -0.2) is 9.97 Å². The molecule has 0 spiro atoms. The Labute approximate surface area is 147 Å². The first-order chi connectivity index (χ1) is 12.3. The number of fused-ring (bicyclic) bond motifs is 1. The lowest BCUT2D eigenvalue weighted by Crippen LogP contribution is -2.08. The van der Waals surface area contributed by atoms with Gasteiger partial charge in [-0.3, -0.25) is 0 Å². The fourth-order valence-corrected chi connectivity index (χ4v) is 3.31. The van der Waals surface area contributed by atoms with Crippen LogP contribution in [0.2, 0.25) is 0 Å². The summed E-state index contributed by atoms with van der Waals surface area (Å²) in [6, 6.07) is 17.1. The Morgan fingerprint density at radius 3 is 2.76 bits per heavy atom. The largest absolute Gasteiger partial charge is 0.338 e. The molecule has 4 aromatic rings. The molecule has 0 saturated heterocycles. The van der Waals surface area contributed by atoms with Crippen molar-refractivity contribution in [3.8, 4) is 11.4 Å². The fraction of sp³-hybridized carbons (Fsp3) is 0.238. The highest BCUT2D eigenvalue weighted by Gasteiger charge is 2.14. The summed E-state index contributed by atoms with van der Waals surface area (Å²) in [7, 11) is 0. The normalized spacial score (nSPS) is 12.5. The van der Waals surface area contributed by atoms with Gasteiger partial charge in [0.15, 0.2) is 0 Å². The topological polar surface area (TPSA) is 46.5 Å². The molecular formula is C21H22N4. The van der Waals surface area contributed by atoms with E-state index in [1.807, 2.05) is 36.9 Å². The number of unbranched alkanes of at least 4 members (excludes halogenated alkanes) is 1. The number of imidazole rings is 2. The van der Waals surface area contributed by atoms with Crippen LogP contribution in [0.1, 0.15) is 37.8 Å². The lowest BCUT2D eigenvalue weighted by atomic mass is 10.0. The van der Waals surface area contributed by atoms with Gasteiger partial charge in [-0.1, -0.05) is 56.2 Å². The fourth-order valence-electron chi connectivity index (χ4n) is 3.31. The average Bonchev–Trinajstić information content (AvgIpc) is 3.32. The van der Waals surface area contributed by atoms with E-state index in [0.717, 1.165) is 28.8 Å². The second-order valence-corrected chi connectivity index (χ2v) is 6.40. The summed E-state index contributed by atoms with van der Waals surface area (Å²) in [6.45, 7) is 2.23. The first kappa shape index (κ1) is 15.6. The summed E-state index contributed by atoms with van der Waals surface area (Å²) in [5.41, 5.74) is 4.49. The van der Waals surface area contributed by atoms with Crippen LogP contribution in [0.4, 0.5) is 0 Å². The van der Waals surface area contributed by atoms with Gasteiger partial charge >= 0.3 is 0 Å². The minimum atomic E-state index is 0.315. The minimum absolute atomic E-state index is 0.315.